The lowest BCUT2D eigenvalue weighted by Gasteiger charge is -2.06. The van der Waals surface area contributed by atoms with Crippen LogP contribution in [0.4, 0.5) is 4.79 Å². The predicted octanol–water partition coefficient (Wildman–Crippen LogP) is 2.59. The van der Waals surface area contributed by atoms with Crippen LogP contribution in [-0.4, -0.2) is 12.7 Å². The first-order chi connectivity index (χ1) is 6.74. The summed E-state index contributed by atoms with van der Waals surface area (Å²) in [4.78, 5) is 11.0. The molecule has 0 aliphatic heterocycles. The highest BCUT2D eigenvalue weighted by Gasteiger charge is 2.02. The summed E-state index contributed by atoms with van der Waals surface area (Å²) in [5.74, 6) is 0. The van der Waals surface area contributed by atoms with Crippen molar-refractivity contribution in [3.8, 4) is 0 Å². The molecule has 0 fully saturated rings. The molecule has 0 radical (unpaired) electrons. The summed E-state index contributed by atoms with van der Waals surface area (Å²) < 4.78 is 4.71. The molecule has 0 atom stereocenters. The minimum atomic E-state index is -0.424. The Bertz CT molecular complexity index is 315. The van der Waals surface area contributed by atoms with Crippen molar-refractivity contribution in [2.75, 3.05) is 6.61 Å². The average molecular weight is 214 g/mol. The molecule has 3 nitrogen and oxygen atoms in total. The molecule has 1 aromatic rings. The number of ether oxygens (including phenoxy) is 1. The van der Waals surface area contributed by atoms with E-state index in [0.717, 1.165) is 5.56 Å². The molecule has 0 spiro atoms. The standard InChI is InChI=1S/C10H12ClNO2/c1-2-14-10(13)12-7-8-5-3-4-6-9(8)11/h3-6H,2,7H2,1H3,(H,12,13). The molecule has 0 heterocycles. The van der Waals surface area contributed by atoms with E-state index in [9.17, 15) is 4.79 Å². The zero-order chi connectivity index (χ0) is 10.4. The topological polar surface area (TPSA) is 38.3 Å². The number of hydrogen-bond acceptors (Lipinski definition) is 2. The van der Waals surface area contributed by atoms with Gasteiger partial charge in [-0.2, -0.15) is 0 Å². The first-order valence-corrected chi connectivity index (χ1v) is 4.76. The zero-order valence-corrected chi connectivity index (χ0v) is 8.67. The van der Waals surface area contributed by atoms with E-state index < -0.39 is 6.09 Å². The Labute approximate surface area is 88.0 Å². The van der Waals surface area contributed by atoms with Gasteiger partial charge >= 0.3 is 6.09 Å². The third-order valence-electron chi connectivity index (χ3n) is 1.66. The van der Waals surface area contributed by atoms with E-state index in [0.29, 0.717) is 18.2 Å². The maximum absolute atomic E-state index is 11.0. The van der Waals surface area contributed by atoms with Gasteiger partial charge in [-0.05, 0) is 18.6 Å². The van der Waals surface area contributed by atoms with E-state index in [2.05, 4.69) is 5.32 Å². The number of nitrogens with one attached hydrogen (secondary N) is 1. The van der Waals surface area contributed by atoms with Gasteiger partial charge in [0.1, 0.15) is 0 Å². The average Bonchev–Trinajstić information content (AvgIpc) is 2.17. The second-order valence-electron chi connectivity index (χ2n) is 2.67. The molecule has 4 heteroatoms. The zero-order valence-electron chi connectivity index (χ0n) is 7.92. The molecule has 0 unspecified atom stereocenters. The van der Waals surface area contributed by atoms with Gasteiger partial charge in [0.25, 0.3) is 0 Å². The van der Waals surface area contributed by atoms with Crippen molar-refractivity contribution in [1.82, 2.24) is 5.32 Å². The number of carbonyl (C=O) groups is 1. The van der Waals surface area contributed by atoms with E-state index in [4.69, 9.17) is 16.3 Å². The predicted molar refractivity (Wildman–Crippen MR) is 55.3 cm³/mol. The second-order valence-corrected chi connectivity index (χ2v) is 3.07. The Balaban J connectivity index is 2.46. The van der Waals surface area contributed by atoms with Crippen LogP contribution in [0.5, 0.6) is 0 Å². The van der Waals surface area contributed by atoms with Crippen LogP contribution < -0.4 is 5.32 Å². The molecule has 1 aromatic carbocycles. The maximum atomic E-state index is 11.0. The van der Waals surface area contributed by atoms with Crippen LogP contribution in [0.3, 0.4) is 0 Å². The Morgan fingerprint density at radius 2 is 2.21 bits per heavy atom. The molecule has 1 rings (SSSR count). The van der Waals surface area contributed by atoms with Crippen molar-refractivity contribution in [2.24, 2.45) is 0 Å². The molecule has 1 N–H and O–H groups in total. The number of alkyl carbamates (subject to hydrolysis) is 1. The van der Waals surface area contributed by atoms with Gasteiger partial charge in [-0.3, -0.25) is 0 Å². The normalized spacial score (nSPS) is 9.57. The Hall–Kier alpha value is -1.22. The van der Waals surface area contributed by atoms with Crippen molar-refractivity contribution >= 4 is 17.7 Å². The fourth-order valence-corrected chi connectivity index (χ4v) is 1.19. The van der Waals surface area contributed by atoms with E-state index in [1.54, 1.807) is 13.0 Å². The third kappa shape index (κ3) is 3.26. The van der Waals surface area contributed by atoms with Gasteiger partial charge in [0.15, 0.2) is 0 Å². The van der Waals surface area contributed by atoms with E-state index in [1.165, 1.54) is 0 Å². The van der Waals surface area contributed by atoms with Crippen molar-refractivity contribution in [3.05, 3.63) is 34.9 Å². The SMILES string of the molecule is CCOC(=O)NCc1ccccc1Cl. The smallest absolute Gasteiger partial charge is 0.407 e. The third-order valence-corrected chi connectivity index (χ3v) is 2.03. The van der Waals surface area contributed by atoms with Crippen LogP contribution in [0.25, 0.3) is 0 Å². The molecule has 1 amide bonds. The number of halogens is 1. The number of carbonyl (C=O) groups excluding carboxylic acids is 1. The molecule has 14 heavy (non-hydrogen) atoms. The molecule has 0 saturated heterocycles. The fourth-order valence-electron chi connectivity index (χ4n) is 0.991. The molecule has 0 aliphatic rings. The number of rotatable bonds is 3. The van der Waals surface area contributed by atoms with Crippen molar-refractivity contribution in [2.45, 2.75) is 13.5 Å². The van der Waals surface area contributed by atoms with E-state index >= 15 is 0 Å². The fraction of sp³-hybridized carbons (Fsp3) is 0.300. The van der Waals surface area contributed by atoms with Gasteiger partial charge < -0.3 is 10.1 Å². The molecular weight excluding hydrogens is 202 g/mol. The van der Waals surface area contributed by atoms with Gasteiger partial charge in [0, 0.05) is 11.6 Å². The van der Waals surface area contributed by atoms with Crippen molar-refractivity contribution < 1.29 is 9.53 Å². The summed E-state index contributed by atoms with van der Waals surface area (Å²) in [7, 11) is 0. The lowest BCUT2D eigenvalue weighted by molar-refractivity contribution is 0.151. The van der Waals surface area contributed by atoms with E-state index in [1.807, 2.05) is 18.2 Å². The Kier molecular flexibility index (Phi) is 4.26. The Morgan fingerprint density at radius 1 is 1.50 bits per heavy atom. The van der Waals surface area contributed by atoms with Crippen LogP contribution >= 0.6 is 11.6 Å². The first-order valence-electron chi connectivity index (χ1n) is 4.38. The molecule has 76 valence electrons. The summed E-state index contributed by atoms with van der Waals surface area (Å²) >= 11 is 5.89. The second kappa shape index (κ2) is 5.50. The van der Waals surface area contributed by atoms with Crippen LogP contribution in [0, 0.1) is 0 Å². The summed E-state index contributed by atoms with van der Waals surface area (Å²) in [5.41, 5.74) is 0.877. The largest absolute Gasteiger partial charge is 0.450 e. The number of benzene rings is 1. The van der Waals surface area contributed by atoms with Crippen molar-refractivity contribution in [1.29, 1.82) is 0 Å². The van der Waals surface area contributed by atoms with Crippen LogP contribution in [0.1, 0.15) is 12.5 Å². The van der Waals surface area contributed by atoms with Crippen LogP contribution in [0.15, 0.2) is 24.3 Å². The van der Waals surface area contributed by atoms with Gasteiger partial charge in [-0.15, -0.1) is 0 Å². The highest BCUT2D eigenvalue weighted by molar-refractivity contribution is 6.31. The van der Waals surface area contributed by atoms with E-state index in [-0.39, 0.29) is 0 Å². The van der Waals surface area contributed by atoms with Crippen molar-refractivity contribution in [3.63, 3.8) is 0 Å². The molecular formula is C10H12ClNO2. The van der Waals surface area contributed by atoms with Crippen LogP contribution in [-0.2, 0) is 11.3 Å². The summed E-state index contributed by atoms with van der Waals surface area (Å²) in [6.45, 7) is 2.52. The molecule has 0 aliphatic carbocycles. The van der Waals surface area contributed by atoms with Crippen LogP contribution in [0.2, 0.25) is 5.02 Å². The number of amides is 1. The summed E-state index contributed by atoms with van der Waals surface area (Å²) in [6.07, 6.45) is -0.424. The lowest BCUT2D eigenvalue weighted by atomic mass is 10.2. The molecule has 0 saturated carbocycles. The maximum Gasteiger partial charge on any atom is 0.407 e. The minimum absolute atomic E-state index is 0.369. The minimum Gasteiger partial charge on any atom is -0.450 e. The van der Waals surface area contributed by atoms with Gasteiger partial charge in [0.2, 0.25) is 0 Å². The lowest BCUT2D eigenvalue weighted by Crippen LogP contribution is -2.23. The summed E-state index contributed by atoms with van der Waals surface area (Å²) in [6, 6.07) is 7.35. The highest BCUT2D eigenvalue weighted by atomic mass is 35.5. The van der Waals surface area contributed by atoms with Gasteiger partial charge in [0.05, 0.1) is 6.61 Å². The molecule has 0 bridgehead atoms. The van der Waals surface area contributed by atoms with Gasteiger partial charge in [-0.25, -0.2) is 4.79 Å². The summed E-state index contributed by atoms with van der Waals surface area (Å²) in [5, 5.41) is 3.24. The molecule has 0 aromatic heterocycles. The Morgan fingerprint density at radius 3 is 2.86 bits per heavy atom. The monoisotopic (exact) mass is 213 g/mol. The van der Waals surface area contributed by atoms with Gasteiger partial charge in [-0.1, -0.05) is 29.8 Å². The quantitative estimate of drug-likeness (QED) is 0.838. The first kappa shape index (κ1) is 10.9. The highest BCUT2D eigenvalue weighted by Crippen LogP contribution is 2.14. The number of hydrogen-bond donors (Lipinski definition) is 1.